The van der Waals surface area contributed by atoms with Gasteiger partial charge in [-0.05, 0) is 62.3 Å². The Kier molecular flexibility index (Phi) is 7.63. The van der Waals surface area contributed by atoms with E-state index in [9.17, 15) is 4.79 Å². The fourth-order valence-electron chi connectivity index (χ4n) is 3.63. The van der Waals surface area contributed by atoms with Gasteiger partial charge in [0, 0.05) is 32.9 Å². The fourth-order valence-corrected chi connectivity index (χ4v) is 3.63. The zero-order valence-corrected chi connectivity index (χ0v) is 19.2. The van der Waals surface area contributed by atoms with Gasteiger partial charge in [-0.25, -0.2) is 0 Å². The van der Waals surface area contributed by atoms with E-state index in [1.165, 1.54) is 5.56 Å². The molecule has 1 aliphatic heterocycles. The van der Waals surface area contributed by atoms with E-state index in [2.05, 4.69) is 18.0 Å². The van der Waals surface area contributed by atoms with Crippen LogP contribution in [-0.4, -0.2) is 77.4 Å². The number of methoxy groups -OCH3 is 2. The van der Waals surface area contributed by atoms with Gasteiger partial charge in [-0.15, -0.1) is 0 Å². The quantitative estimate of drug-likeness (QED) is 0.581. The Hall–Kier alpha value is -2.93. The number of carbonyl (C=O) groups excluding carboxylic acids is 1. The summed E-state index contributed by atoms with van der Waals surface area (Å²) in [6.07, 6.45) is 1.81. The van der Waals surface area contributed by atoms with Crippen molar-refractivity contribution in [3.8, 4) is 17.2 Å². The van der Waals surface area contributed by atoms with Crippen LogP contribution in [0, 0.1) is 0 Å². The van der Waals surface area contributed by atoms with E-state index >= 15 is 0 Å². The minimum absolute atomic E-state index is 0.0398. The third kappa shape index (κ3) is 5.61. The van der Waals surface area contributed by atoms with Gasteiger partial charge in [-0.1, -0.05) is 6.07 Å². The summed E-state index contributed by atoms with van der Waals surface area (Å²) < 4.78 is 16.5. The molecule has 1 aliphatic rings. The van der Waals surface area contributed by atoms with E-state index < -0.39 is 0 Å². The fraction of sp³-hybridized carbons (Fsp3) is 0.458. The normalized spacial score (nSPS) is 13.1. The number of fused-ring (bicyclic) bond motifs is 1. The van der Waals surface area contributed by atoms with Gasteiger partial charge < -0.3 is 28.9 Å². The van der Waals surface area contributed by atoms with Crippen LogP contribution in [0.2, 0.25) is 0 Å². The van der Waals surface area contributed by atoms with Crippen molar-refractivity contribution in [1.29, 1.82) is 0 Å². The van der Waals surface area contributed by atoms with E-state index in [4.69, 9.17) is 14.2 Å². The summed E-state index contributed by atoms with van der Waals surface area (Å²) in [5.74, 6) is 2.20. The topological polar surface area (TPSA) is 54.5 Å². The second-order valence-electron chi connectivity index (χ2n) is 8.01. The molecule has 0 atom stereocenters. The van der Waals surface area contributed by atoms with Crippen molar-refractivity contribution in [1.82, 2.24) is 9.80 Å². The molecule has 0 N–H and O–H groups in total. The summed E-state index contributed by atoms with van der Waals surface area (Å²) in [7, 11) is 9.33. The van der Waals surface area contributed by atoms with Gasteiger partial charge in [0.05, 0.1) is 19.8 Å². The molecule has 0 unspecified atom stereocenters. The van der Waals surface area contributed by atoms with Gasteiger partial charge in [0.1, 0.15) is 5.75 Å². The third-order valence-corrected chi connectivity index (χ3v) is 5.57. The largest absolute Gasteiger partial charge is 0.493 e. The lowest BCUT2D eigenvalue weighted by molar-refractivity contribution is 0.0512. The number of likely N-dealkylation sites (N-methyl/N-ethyl adjacent to an activating group) is 1. The van der Waals surface area contributed by atoms with Crippen LogP contribution in [-0.2, 0) is 6.42 Å². The van der Waals surface area contributed by atoms with E-state index in [-0.39, 0.29) is 5.91 Å². The maximum Gasteiger partial charge on any atom is 0.260 e. The van der Waals surface area contributed by atoms with Crippen molar-refractivity contribution in [2.24, 2.45) is 0 Å². The SMILES string of the molecule is COc1ccc(CCN(C)CCCN2COc3ccc(N(C)C)cc3C2=O)cc1OC. The maximum atomic E-state index is 12.9. The van der Waals surface area contributed by atoms with E-state index in [0.717, 1.165) is 43.1 Å². The molecule has 0 saturated carbocycles. The average Bonchev–Trinajstić information content (AvgIpc) is 2.78. The highest BCUT2D eigenvalue weighted by Gasteiger charge is 2.25. The first-order chi connectivity index (χ1) is 14.9. The number of hydrogen-bond donors (Lipinski definition) is 0. The second kappa shape index (κ2) is 10.4. The lowest BCUT2D eigenvalue weighted by Gasteiger charge is -2.30. The van der Waals surface area contributed by atoms with Gasteiger partial charge in [0.2, 0.25) is 0 Å². The van der Waals surface area contributed by atoms with E-state index in [1.807, 2.05) is 49.3 Å². The van der Waals surface area contributed by atoms with Crippen molar-refractivity contribution in [3.05, 3.63) is 47.5 Å². The van der Waals surface area contributed by atoms with Crippen molar-refractivity contribution < 1.29 is 19.0 Å². The first kappa shape index (κ1) is 22.7. The smallest absolute Gasteiger partial charge is 0.260 e. The third-order valence-electron chi connectivity index (χ3n) is 5.57. The minimum atomic E-state index is 0.0398. The predicted molar refractivity (Wildman–Crippen MR) is 123 cm³/mol. The molecule has 0 radical (unpaired) electrons. The van der Waals surface area contributed by atoms with Crippen molar-refractivity contribution in [2.75, 3.05) is 66.6 Å². The molecule has 31 heavy (non-hydrogen) atoms. The Balaban J connectivity index is 1.47. The maximum absolute atomic E-state index is 12.9. The van der Waals surface area contributed by atoms with Crippen LogP contribution >= 0.6 is 0 Å². The predicted octanol–water partition coefficient (Wildman–Crippen LogP) is 3.13. The Morgan fingerprint density at radius 1 is 1.00 bits per heavy atom. The Morgan fingerprint density at radius 3 is 2.48 bits per heavy atom. The van der Waals surface area contributed by atoms with Crippen LogP contribution in [0.3, 0.4) is 0 Å². The molecule has 1 heterocycles. The summed E-state index contributed by atoms with van der Waals surface area (Å²) in [6.45, 7) is 2.81. The first-order valence-corrected chi connectivity index (χ1v) is 10.6. The van der Waals surface area contributed by atoms with Crippen LogP contribution in [0.5, 0.6) is 17.2 Å². The summed E-state index contributed by atoms with van der Waals surface area (Å²) in [6, 6.07) is 11.8. The van der Waals surface area contributed by atoms with Crippen molar-refractivity contribution >= 4 is 11.6 Å². The summed E-state index contributed by atoms with van der Waals surface area (Å²) in [5, 5.41) is 0. The molecule has 0 saturated heterocycles. The van der Waals surface area contributed by atoms with Gasteiger partial charge in [0.15, 0.2) is 18.2 Å². The van der Waals surface area contributed by atoms with Gasteiger partial charge >= 0.3 is 0 Å². The highest BCUT2D eigenvalue weighted by Crippen LogP contribution is 2.29. The number of amides is 1. The number of benzene rings is 2. The Labute approximate surface area is 185 Å². The van der Waals surface area contributed by atoms with Crippen molar-refractivity contribution in [2.45, 2.75) is 12.8 Å². The molecule has 7 heteroatoms. The van der Waals surface area contributed by atoms with E-state index in [1.54, 1.807) is 19.1 Å². The van der Waals surface area contributed by atoms with E-state index in [0.29, 0.717) is 24.6 Å². The standard InChI is InChI=1S/C24H33N3O4/c1-25(2)19-8-10-21-20(16-19)24(28)27(17-31-21)13-6-12-26(3)14-11-18-7-9-22(29-4)23(15-18)30-5/h7-10,15-16H,6,11-14,17H2,1-5H3. The number of nitrogens with zero attached hydrogens (tertiary/aromatic N) is 3. The highest BCUT2D eigenvalue weighted by atomic mass is 16.5. The van der Waals surface area contributed by atoms with Gasteiger partial charge in [-0.2, -0.15) is 0 Å². The number of hydrogen-bond acceptors (Lipinski definition) is 6. The molecule has 2 aromatic rings. The number of ether oxygens (including phenoxy) is 3. The summed E-state index contributed by atoms with van der Waals surface area (Å²) in [4.78, 5) is 18.9. The van der Waals surface area contributed by atoms with Crippen molar-refractivity contribution in [3.63, 3.8) is 0 Å². The second-order valence-corrected chi connectivity index (χ2v) is 8.01. The number of carbonyl (C=O) groups is 1. The molecule has 0 aliphatic carbocycles. The van der Waals surface area contributed by atoms with Crippen LogP contribution < -0.4 is 19.1 Å². The molecule has 2 aromatic carbocycles. The molecule has 0 aromatic heterocycles. The average molecular weight is 428 g/mol. The summed E-state index contributed by atoms with van der Waals surface area (Å²) in [5.41, 5.74) is 2.84. The molecular formula is C24H33N3O4. The lowest BCUT2D eigenvalue weighted by atomic mass is 10.1. The molecule has 168 valence electrons. The van der Waals surface area contributed by atoms with Gasteiger partial charge in [-0.3, -0.25) is 4.79 Å². The molecule has 3 rings (SSSR count). The molecule has 7 nitrogen and oxygen atoms in total. The lowest BCUT2D eigenvalue weighted by Crippen LogP contribution is -2.40. The van der Waals surface area contributed by atoms with Gasteiger partial charge in [0.25, 0.3) is 5.91 Å². The molecule has 0 spiro atoms. The summed E-state index contributed by atoms with van der Waals surface area (Å²) >= 11 is 0. The first-order valence-electron chi connectivity index (χ1n) is 10.6. The number of anilines is 1. The monoisotopic (exact) mass is 427 g/mol. The molecule has 0 bridgehead atoms. The highest BCUT2D eigenvalue weighted by molar-refractivity contribution is 5.98. The van der Waals surface area contributed by atoms with Crippen LogP contribution in [0.1, 0.15) is 22.3 Å². The minimum Gasteiger partial charge on any atom is -0.493 e. The number of rotatable bonds is 10. The Morgan fingerprint density at radius 2 is 1.77 bits per heavy atom. The zero-order chi connectivity index (χ0) is 22.4. The molecule has 0 fully saturated rings. The van der Waals surface area contributed by atoms with Crippen LogP contribution in [0.25, 0.3) is 0 Å². The zero-order valence-electron chi connectivity index (χ0n) is 19.2. The van der Waals surface area contributed by atoms with Crippen LogP contribution in [0.4, 0.5) is 5.69 Å². The Bertz CT molecular complexity index is 900. The molecule has 1 amide bonds. The van der Waals surface area contributed by atoms with Crippen LogP contribution in [0.15, 0.2) is 36.4 Å². The molecular weight excluding hydrogens is 394 g/mol.